The predicted molar refractivity (Wildman–Crippen MR) is 109 cm³/mol. The Morgan fingerprint density at radius 1 is 0.889 bits per heavy atom. The van der Waals surface area contributed by atoms with Crippen molar-refractivity contribution in [1.82, 2.24) is 15.0 Å². The van der Waals surface area contributed by atoms with Gasteiger partial charge in [0, 0.05) is 56.9 Å². The molecule has 1 saturated heterocycles. The average molecular weight is 360 g/mol. The standard InChI is InChI=1S/C21H24N6/c1-16-4-3-7-23-20(16)26-8-10-27(11-9-26)21-24-14-19(15-25-21)18-6-2-5-17(12-18)13-22/h2-7,12,14-15H,8-11,13,22H2,1H3. The summed E-state index contributed by atoms with van der Waals surface area (Å²) >= 11 is 0. The molecule has 0 bridgehead atoms. The fraction of sp³-hybridized carbons (Fsp3) is 0.286. The molecule has 0 spiro atoms. The van der Waals surface area contributed by atoms with E-state index in [1.807, 2.05) is 36.8 Å². The fourth-order valence-electron chi connectivity index (χ4n) is 3.44. The molecule has 1 aromatic carbocycles. The summed E-state index contributed by atoms with van der Waals surface area (Å²) in [6.07, 6.45) is 5.65. The van der Waals surface area contributed by atoms with Crippen LogP contribution in [0, 0.1) is 6.92 Å². The van der Waals surface area contributed by atoms with E-state index in [0.29, 0.717) is 6.54 Å². The van der Waals surface area contributed by atoms with E-state index in [4.69, 9.17) is 5.73 Å². The lowest BCUT2D eigenvalue weighted by Crippen LogP contribution is -2.47. The summed E-state index contributed by atoms with van der Waals surface area (Å²) in [6.45, 7) is 6.25. The van der Waals surface area contributed by atoms with Crippen LogP contribution in [0.25, 0.3) is 11.1 Å². The van der Waals surface area contributed by atoms with Gasteiger partial charge in [-0.2, -0.15) is 0 Å². The third-order valence-corrected chi connectivity index (χ3v) is 4.98. The van der Waals surface area contributed by atoms with Crippen molar-refractivity contribution in [2.45, 2.75) is 13.5 Å². The molecule has 6 nitrogen and oxygen atoms in total. The second kappa shape index (κ2) is 7.72. The Morgan fingerprint density at radius 3 is 2.33 bits per heavy atom. The van der Waals surface area contributed by atoms with Crippen molar-refractivity contribution < 1.29 is 0 Å². The third kappa shape index (κ3) is 3.75. The number of hydrogen-bond acceptors (Lipinski definition) is 6. The molecule has 3 heterocycles. The van der Waals surface area contributed by atoms with Gasteiger partial charge in [0.15, 0.2) is 0 Å². The van der Waals surface area contributed by atoms with Gasteiger partial charge in [0.1, 0.15) is 5.82 Å². The number of pyridine rings is 1. The average Bonchev–Trinajstić information content (AvgIpc) is 2.74. The van der Waals surface area contributed by atoms with Gasteiger partial charge in [0.25, 0.3) is 0 Å². The fourth-order valence-corrected chi connectivity index (χ4v) is 3.44. The Balaban J connectivity index is 1.44. The maximum absolute atomic E-state index is 5.73. The van der Waals surface area contributed by atoms with Gasteiger partial charge in [-0.3, -0.25) is 0 Å². The second-order valence-electron chi connectivity index (χ2n) is 6.79. The highest BCUT2D eigenvalue weighted by Gasteiger charge is 2.20. The first-order valence-electron chi connectivity index (χ1n) is 9.27. The van der Waals surface area contributed by atoms with E-state index < -0.39 is 0 Å². The van der Waals surface area contributed by atoms with Crippen molar-refractivity contribution in [3.63, 3.8) is 0 Å². The lowest BCUT2D eigenvalue weighted by molar-refractivity contribution is 0.633. The van der Waals surface area contributed by atoms with E-state index in [-0.39, 0.29) is 0 Å². The zero-order valence-corrected chi connectivity index (χ0v) is 15.5. The first-order valence-corrected chi connectivity index (χ1v) is 9.27. The Morgan fingerprint density at radius 2 is 1.63 bits per heavy atom. The number of rotatable bonds is 4. The molecule has 138 valence electrons. The van der Waals surface area contributed by atoms with Gasteiger partial charge in [-0.15, -0.1) is 0 Å². The number of nitrogens with two attached hydrogens (primary N) is 1. The van der Waals surface area contributed by atoms with Crippen molar-refractivity contribution >= 4 is 11.8 Å². The van der Waals surface area contributed by atoms with Crippen LogP contribution in [-0.2, 0) is 6.54 Å². The molecule has 0 unspecified atom stereocenters. The molecule has 4 rings (SSSR count). The molecule has 0 amide bonds. The maximum atomic E-state index is 5.73. The zero-order chi connectivity index (χ0) is 18.6. The van der Waals surface area contributed by atoms with E-state index in [1.54, 1.807) is 0 Å². The summed E-state index contributed by atoms with van der Waals surface area (Å²) in [7, 11) is 0. The molecule has 1 aliphatic rings. The van der Waals surface area contributed by atoms with Crippen LogP contribution in [0.1, 0.15) is 11.1 Å². The number of piperazine rings is 1. The molecular weight excluding hydrogens is 336 g/mol. The molecule has 0 atom stereocenters. The molecule has 3 aromatic rings. The first-order chi connectivity index (χ1) is 13.2. The summed E-state index contributed by atoms with van der Waals surface area (Å²) < 4.78 is 0. The quantitative estimate of drug-likeness (QED) is 0.771. The lowest BCUT2D eigenvalue weighted by Gasteiger charge is -2.36. The van der Waals surface area contributed by atoms with E-state index in [1.165, 1.54) is 5.56 Å². The molecule has 1 aliphatic heterocycles. The first kappa shape index (κ1) is 17.4. The Labute approximate surface area is 159 Å². The SMILES string of the molecule is Cc1cccnc1N1CCN(c2ncc(-c3cccc(CN)c3)cn2)CC1. The topological polar surface area (TPSA) is 71.2 Å². The number of hydrogen-bond donors (Lipinski definition) is 1. The van der Waals surface area contributed by atoms with Crippen LogP contribution in [0.2, 0.25) is 0 Å². The molecule has 6 heteroatoms. The minimum absolute atomic E-state index is 0.535. The molecule has 2 N–H and O–H groups in total. The van der Waals surface area contributed by atoms with Crippen LogP contribution in [0.15, 0.2) is 55.0 Å². The van der Waals surface area contributed by atoms with Crippen LogP contribution in [0.5, 0.6) is 0 Å². The maximum Gasteiger partial charge on any atom is 0.225 e. The molecule has 0 aliphatic carbocycles. The highest BCUT2D eigenvalue weighted by molar-refractivity contribution is 5.63. The minimum Gasteiger partial charge on any atom is -0.353 e. The molecule has 0 radical (unpaired) electrons. The Hall–Kier alpha value is -2.99. The summed E-state index contributed by atoms with van der Waals surface area (Å²) in [6, 6.07) is 12.3. The normalized spacial score (nSPS) is 14.4. The lowest BCUT2D eigenvalue weighted by atomic mass is 10.1. The second-order valence-corrected chi connectivity index (χ2v) is 6.79. The highest BCUT2D eigenvalue weighted by Crippen LogP contribution is 2.22. The van der Waals surface area contributed by atoms with Gasteiger partial charge < -0.3 is 15.5 Å². The third-order valence-electron chi connectivity index (χ3n) is 4.98. The van der Waals surface area contributed by atoms with E-state index in [0.717, 1.165) is 54.6 Å². The van der Waals surface area contributed by atoms with Crippen LogP contribution in [0.4, 0.5) is 11.8 Å². The number of nitrogens with zero attached hydrogens (tertiary/aromatic N) is 5. The molecule has 27 heavy (non-hydrogen) atoms. The van der Waals surface area contributed by atoms with Crippen LogP contribution in [0.3, 0.4) is 0 Å². The van der Waals surface area contributed by atoms with Crippen LogP contribution < -0.4 is 15.5 Å². The van der Waals surface area contributed by atoms with Crippen LogP contribution >= 0.6 is 0 Å². The van der Waals surface area contributed by atoms with E-state index in [2.05, 4.69) is 49.9 Å². The zero-order valence-electron chi connectivity index (χ0n) is 15.5. The molecule has 0 saturated carbocycles. The van der Waals surface area contributed by atoms with Crippen molar-refractivity contribution in [3.8, 4) is 11.1 Å². The highest BCUT2D eigenvalue weighted by atomic mass is 15.3. The van der Waals surface area contributed by atoms with Crippen molar-refractivity contribution in [2.24, 2.45) is 5.73 Å². The number of aryl methyl sites for hydroxylation is 1. The van der Waals surface area contributed by atoms with Gasteiger partial charge in [-0.05, 0) is 35.7 Å². The van der Waals surface area contributed by atoms with Gasteiger partial charge in [-0.25, -0.2) is 15.0 Å². The summed E-state index contributed by atoms with van der Waals surface area (Å²) in [5.74, 6) is 1.86. The van der Waals surface area contributed by atoms with Gasteiger partial charge in [0.05, 0.1) is 0 Å². The molecule has 2 aromatic heterocycles. The number of benzene rings is 1. The minimum atomic E-state index is 0.535. The summed E-state index contributed by atoms with van der Waals surface area (Å²) in [4.78, 5) is 18.3. The van der Waals surface area contributed by atoms with Gasteiger partial charge in [0.2, 0.25) is 5.95 Å². The van der Waals surface area contributed by atoms with Crippen molar-refractivity contribution in [3.05, 3.63) is 66.1 Å². The number of anilines is 2. The molecule has 1 fully saturated rings. The Kier molecular flexibility index (Phi) is 4.98. The van der Waals surface area contributed by atoms with Crippen LogP contribution in [-0.4, -0.2) is 41.1 Å². The van der Waals surface area contributed by atoms with Gasteiger partial charge >= 0.3 is 0 Å². The molecular formula is C21H24N6. The predicted octanol–water partition coefficient (Wildman–Crippen LogP) is 2.63. The van der Waals surface area contributed by atoms with Crippen molar-refractivity contribution in [2.75, 3.05) is 36.0 Å². The van der Waals surface area contributed by atoms with Crippen molar-refractivity contribution in [1.29, 1.82) is 0 Å². The summed E-state index contributed by atoms with van der Waals surface area (Å²) in [5, 5.41) is 0. The van der Waals surface area contributed by atoms with Gasteiger partial charge in [-0.1, -0.05) is 24.3 Å². The van der Waals surface area contributed by atoms with E-state index in [9.17, 15) is 0 Å². The monoisotopic (exact) mass is 360 g/mol. The largest absolute Gasteiger partial charge is 0.353 e. The van der Waals surface area contributed by atoms with E-state index >= 15 is 0 Å². The Bertz CT molecular complexity index is 901. The smallest absolute Gasteiger partial charge is 0.225 e. The summed E-state index contributed by atoms with van der Waals surface area (Å²) in [5.41, 5.74) is 10.2. The number of aromatic nitrogens is 3.